The van der Waals surface area contributed by atoms with E-state index in [-0.39, 0.29) is 24.1 Å². The lowest BCUT2D eigenvalue weighted by Gasteiger charge is -2.25. The number of esters is 2. The van der Waals surface area contributed by atoms with Gasteiger partial charge >= 0.3 is 11.9 Å². The normalized spacial score (nSPS) is 20.6. The maximum absolute atomic E-state index is 13.0. The van der Waals surface area contributed by atoms with Gasteiger partial charge in [0.25, 0.3) is 0 Å². The third kappa shape index (κ3) is 20.0. The van der Waals surface area contributed by atoms with Crippen molar-refractivity contribution in [2.75, 3.05) is 13.2 Å². The standard InChI is InChI=1S/C40H74O5/c1-3-5-7-9-11-13-15-17-19-21-23-25-27-29-33-43-39(41)35-31-32-36-38(45-36)37(35)40(42)44-34-30-28-26-24-22-20-18-16-14-12-10-8-6-4-2/h35-38H,3-34H2,1-2H3. The molecular formula is C40H74O5. The molecular weight excluding hydrogens is 560 g/mol. The second kappa shape index (κ2) is 28.0. The van der Waals surface area contributed by atoms with Crippen LogP contribution in [0.4, 0.5) is 0 Å². The van der Waals surface area contributed by atoms with E-state index in [1.165, 1.54) is 154 Å². The summed E-state index contributed by atoms with van der Waals surface area (Å²) in [4.78, 5) is 25.9. The number of unbranched alkanes of at least 4 members (excludes halogenated alkanes) is 26. The largest absolute Gasteiger partial charge is 0.465 e. The van der Waals surface area contributed by atoms with E-state index in [1.54, 1.807) is 0 Å². The van der Waals surface area contributed by atoms with Crippen molar-refractivity contribution in [2.45, 2.75) is 219 Å². The summed E-state index contributed by atoms with van der Waals surface area (Å²) < 4.78 is 17.1. The molecule has 0 aromatic heterocycles. The quantitative estimate of drug-likeness (QED) is 0.0418. The average molecular weight is 635 g/mol. The molecule has 2 rings (SSSR count). The van der Waals surface area contributed by atoms with Crippen LogP contribution in [0.3, 0.4) is 0 Å². The van der Waals surface area contributed by atoms with Gasteiger partial charge in [-0.1, -0.05) is 181 Å². The smallest absolute Gasteiger partial charge is 0.312 e. The number of ether oxygens (including phenoxy) is 3. The molecule has 1 aliphatic carbocycles. The van der Waals surface area contributed by atoms with Crippen LogP contribution in [0.2, 0.25) is 0 Å². The summed E-state index contributed by atoms with van der Waals surface area (Å²) in [5, 5.41) is 0. The first-order valence-corrected chi connectivity index (χ1v) is 20.2. The van der Waals surface area contributed by atoms with Gasteiger partial charge in [-0.15, -0.1) is 0 Å². The molecule has 0 spiro atoms. The summed E-state index contributed by atoms with van der Waals surface area (Å²) >= 11 is 0. The molecule has 2 fully saturated rings. The second-order valence-corrected chi connectivity index (χ2v) is 14.4. The highest BCUT2D eigenvalue weighted by Crippen LogP contribution is 2.45. The first-order valence-electron chi connectivity index (χ1n) is 20.2. The molecule has 5 heteroatoms. The number of fused-ring (bicyclic) bond motifs is 1. The van der Waals surface area contributed by atoms with E-state index in [1.807, 2.05) is 0 Å². The van der Waals surface area contributed by atoms with Crippen LogP contribution in [0.1, 0.15) is 206 Å². The topological polar surface area (TPSA) is 65.1 Å². The number of hydrogen-bond acceptors (Lipinski definition) is 5. The third-order valence-corrected chi connectivity index (χ3v) is 10.2. The number of epoxide rings is 1. The second-order valence-electron chi connectivity index (χ2n) is 14.4. The maximum atomic E-state index is 13.0. The maximum Gasteiger partial charge on any atom is 0.312 e. The van der Waals surface area contributed by atoms with Crippen LogP contribution in [0, 0.1) is 11.8 Å². The molecule has 5 nitrogen and oxygen atoms in total. The highest BCUT2D eigenvalue weighted by atomic mass is 16.6. The van der Waals surface area contributed by atoms with Gasteiger partial charge in [-0.3, -0.25) is 9.59 Å². The molecule has 1 saturated carbocycles. The summed E-state index contributed by atoms with van der Waals surface area (Å²) in [6.45, 7) is 5.46. The minimum absolute atomic E-state index is 0.124. The molecule has 264 valence electrons. The van der Waals surface area contributed by atoms with E-state index in [0.717, 1.165) is 32.1 Å². The fourth-order valence-electron chi connectivity index (χ4n) is 7.16. The van der Waals surface area contributed by atoms with Crippen molar-refractivity contribution in [3.05, 3.63) is 0 Å². The molecule has 0 N–H and O–H groups in total. The number of carbonyl (C=O) groups excluding carboxylic acids is 2. The van der Waals surface area contributed by atoms with Crippen molar-refractivity contribution in [1.82, 2.24) is 0 Å². The van der Waals surface area contributed by atoms with Crippen molar-refractivity contribution in [1.29, 1.82) is 0 Å². The first-order chi connectivity index (χ1) is 22.2. The van der Waals surface area contributed by atoms with Crippen molar-refractivity contribution < 1.29 is 23.8 Å². The Hall–Kier alpha value is -1.10. The van der Waals surface area contributed by atoms with Crippen molar-refractivity contribution >= 4 is 11.9 Å². The minimum atomic E-state index is -0.487. The molecule has 1 aliphatic heterocycles. The fraction of sp³-hybridized carbons (Fsp3) is 0.950. The number of carbonyl (C=O) groups is 2. The van der Waals surface area contributed by atoms with E-state index in [4.69, 9.17) is 14.2 Å². The van der Waals surface area contributed by atoms with Crippen LogP contribution in [0.25, 0.3) is 0 Å². The summed E-state index contributed by atoms with van der Waals surface area (Å²) in [5.41, 5.74) is 0. The Bertz CT molecular complexity index is 709. The zero-order chi connectivity index (χ0) is 32.2. The first kappa shape index (κ1) is 40.1. The van der Waals surface area contributed by atoms with Gasteiger partial charge in [0.2, 0.25) is 0 Å². The Morgan fingerprint density at radius 3 is 1.18 bits per heavy atom. The zero-order valence-corrected chi connectivity index (χ0v) is 30.0. The molecule has 1 heterocycles. The summed E-state index contributed by atoms with van der Waals surface area (Å²) in [6, 6.07) is 0. The van der Waals surface area contributed by atoms with Gasteiger partial charge < -0.3 is 14.2 Å². The Labute approximate surface area is 279 Å². The van der Waals surface area contributed by atoms with Gasteiger partial charge in [-0.2, -0.15) is 0 Å². The highest BCUT2D eigenvalue weighted by Gasteiger charge is 2.57. The van der Waals surface area contributed by atoms with E-state index in [0.29, 0.717) is 19.6 Å². The van der Waals surface area contributed by atoms with Crippen molar-refractivity contribution in [3.8, 4) is 0 Å². The van der Waals surface area contributed by atoms with Gasteiger partial charge in [0.05, 0.1) is 37.3 Å². The van der Waals surface area contributed by atoms with Crippen molar-refractivity contribution in [2.24, 2.45) is 11.8 Å². The Morgan fingerprint density at radius 2 is 0.800 bits per heavy atom. The highest BCUT2D eigenvalue weighted by molar-refractivity contribution is 5.83. The lowest BCUT2D eigenvalue weighted by molar-refractivity contribution is -0.162. The van der Waals surface area contributed by atoms with Gasteiger partial charge in [0.15, 0.2) is 0 Å². The SMILES string of the molecule is CCCCCCCCCCCCCCCCOC(=O)C1CCC2OC2C1C(=O)OCCCCCCCCCCCCCCCC. The number of hydrogen-bond donors (Lipinski definition) is 0. The summed E-state index contributed by atoms with van der Waals surface area (Å²) in [5.74, 6) is -1.38. The molecule has 0 aromatic rings. The van der Waals surface area contributed by atoms with Gasteiger partial charge in [0.1, 0.15) is 0 Å². The van der Waals surface area contributed by atoms with Crippen LogP contribution in [0.15, 0.2) is 0 Å². The van der Waals surface area contributed by atoms with Crippen LogP contribution >= 0.6 is 0 Å². The molecule has 0 bridgehead atoms. The van der Waals surface area contributed by atoms with E-state index in [2.05, 4.69) is 13.8 Å². The Morgan fingerprint density at radius 1 is 0.467 bits per heavy atom. The summed E-state index contributed by atoms with van der Waals surface area (Å²) in [7, 11) is 0. The Balaban J connectivity index is 1.43. The predicted molar refractivity (Wildman–Crippen MR) is 187 cm³/mol. The summed E-state index contributed by atoms with van der Waals surface area (Å²) in [6.07, 6.45) is 38.1. The molecule has 2 aliphatic rings. The van der Waals surface area contributed by atoms with Crippen LogP contribution in [0.5, 0.6) is 0 Å². The number of rotatable bonds is 32. The average Bonchev–Trinajstić information content (AvgIpc) is 3.84. The van der Waals surface area contributed by atoms with E-state index < -0.39 is 11.8 Å². The van der Waals surface area contributed by atoms with Crippen LogP contribution < -0.4 is 0 Å². The van der Waals surface area contributed by atoms with Crippen LogP contribution in [-0.2, 0) is 23.8 Å². The third-order valence-electron chi connectivity index (χ3n) is 10.2. The lowest BCUT2D eigenvalue weighted by atomic mass is 9.79. The van der Waals surface area contributed by atoms with E-state index in [9.17, 15) is 9.59 Å². The fourth-order valence-corrected chi connectivity index (χ4v) is 7.16. The van der Waals surface area contributed by atoms with E-state index >= 15 is 0 Å². The van der Waals surface area contributed by atoms with Crippen molar-refractivity contribution in [3.63, 3.8) is 0 Å². The van der Waals surface area contributed by atoms with Gasteiger partial charge in [-0.05, 0) is 25.7 Å². The molecule has 1 saturated heterocycles. The predicted octanol–water partition coefficient (Wildman–Crippen LogP) is 11.8. The molecule has 4 unspecified atom stereocenters. The lowest BCUT2D eigenvalue weighted by Crippen LogP contribution is -2.39. The van der Waals surface area contributed by atoms with Gasteiger partial charge in [0, 0.05) is 0 Å². The van der Waals surface area contributed by atoms with Gasteiger partial charge in [-0.25, -0.2) is 0 Å². The Kier molecular flexibility index (Phi) is 24.9. The molecule has 0 aromatic carbocycles. The molecule has 4 atom stereocenters. The molecule has 45 heavy (non-hydrogen) atoms. The minimum Gasteiger partial charge on any atom is -0.465 e. The zero-order valence-electron chi connectivity index (χ0n) is 30.0. The van der Waals surface area contributed by atoms with Crippen LogP contribution in [-0.4, -0.2) is 37.4 Å². The molecule has 0 amide bonds. The monoisotopic (exact) mass is 635 g/mol. The molecule has 0 radical (unpaired) electrons.